The molecule has 0 atom stereocenters. The predicted molar refractivity (Wildman–Crippen MR) is 138 cm³/mol. The lowest BCUT2D eigenvalue weighted by molar-refractivity contribution is -0.0136. The first-order valence-corrected chi connectivity index (χ1v) is 12.2. The largest absolute Gasteiger partial charge is 0.380 e. The van der Waals surface area contributed by atoms with Gasteiger partial charge in [0.05, 0.1) is 5.52 Å². The number of piperidine rings is 1. The SMILES string of the molecule is Cc1nccc2nc(NCCN3CCC(C(O)(c4ccccc4)c4ccccc4)CC3)ccc12. The number of aliphatic hydroxyl groups is 1. The molecule has 5 nitrogen and oxygen atoms in total. The van der Waals surface area contributed by atoms with Crippen LogP contribution in [0.1, 0.15) is 29.7 Å². The third-order valence-corrected chi connectivity index (χ3v) is 7.16. The molecular formula is C29H32N4O. The lowest BCUT2D eigenvalue weighted by Gasteiger charge is -2.42. The number of fused-ring (bicyclic) bond motifs is 1. The number of hydrogen-bond acceptors (Lipinski definition) is 5. The Morgan fingerprint density at radius 1 is 0.912 bits per heavy atom. The number of aryl methyl sites for hydroxylation is 1. The van der Waals surface area contributed by atoms with Gasteiger partial charge >= 0.3 is 0 Å². The molecule has 1 aliphatic rings. The van der Waals surface area contributed by atoms with E-state index in [0.29, 0.717) is 0 Å². The Morgan fingerprint density at radius 3 is 2.21 bits per heavy atom. The van der Waals surface area contributed by atoms with Gasteiger partial charge in [0.15, 0.2) is 0 Å². The third-order valence-electron chi connectivity index (χ3n) is 7.16. The van der Waals surface area contributed by atoms with Crippen molar-refractivity contribution < 1.29 is 5.11 Å². The number of nitrogens with zero attached hydrogens (tertiary/aromatic N) is 3. The summed E-state index contributed by atoms with van der Waals surface area (Å²) in [4.78, 5) is 11.5. The molecule has 0 radical (unpaired) electrons. The summed E-state index contributed by atoms with van der Waals surface area (Å²) in [5.74, 6) is 1.08. The second kappa shape index (κ2) is 9.92. The van der Waals surface area contributed by atoms with E-state index in [1.807, 2.05) is 61.7 Å². The molecule has 2 N–H and O–H groups in total. The lowest BCUT2D eigenvalue weighted by atomic mass is 9.72. The van der Waals surface area contributed by atoms with Gasteiger partial charge in [0.2, 0.25) is 0 Å². The maximum atomic E-state index is 12.1. The highest BCUT2D eigenvalue weighted by atomic mass is 16.3. The van der Waals surface area contributed by atoms with Crippen LogP contribution in [0.2, 0.25) is 0 Å². The minimum Gasteiger partial charge on any atom is -0.380 e. The summed E-state index contributed by atoms with van der Waals surface area (Å²) in [6.45, 7) is 5.76. The molecule has 0 spiro atoms. The van der Waals surface area contributed by atoms with E-state index in [9.17, 15) is 5.11 Å². The van der Waals surface area contributed by atoms with Gasteiger partial charge in [0, 0.05) is 30.4 Å². The van der Waals surface area contributed by atoms with Gasteiger partial charge in [-0.15, -0.1) is 0 Å². The van der Waals surface area contributed by atoms with Gasteiger partial charge in [0.25, 0.3) is 0 Å². The third kappa shape index (κ3) is 4.54. The van der Waals surface area contributed by atoms with E-state index in [-0.39, 0.29) is 5.92 Å². The first kappa shape index (κ1) is 22.5. The van der Waals surface area contributed by atoms with Gasteiger partial charge < -0.3 is 15.3 Å². The van der Waals surface area contributed by atoms with E-state index in [1.165, 1.54) is 0 Å². The number of nitrogens with one attached hydrogen (secondary N) is 1. The summed E-state index contributed by atoms with van der Waals surface area (Å²) in [5, 5.41) is 16.6. The van der Waals surface area contributed by atoms with Gasteiger partial charge in [-0.2, -0.15) is 0 Å². The van der Waals surface area contributed by atoms with E-state index < -0.39 is 5.60 Å². The predicted octanol–water partition coefficient (Wildman–Crippen LogP) is 5.00. The first-order chi connectivity index (χ1) is 16.6. The molecule has 34 heavy (non-hydrogen) atoms. The van der Waals surface area contributed by atoms with Gasteiger partial charge in [-0.3, -0.25) is 4.98 Å². The topological polar surface area (TPSA) is 61.3 Å². The fraction of sp³-hybridized carbons (Fsp3) is 0.310. The smallest absolute Gasteiger partial charge is 0.126 e. The Kier molecular flexibility index (Phi) is 6.57. The molecule has 2 aromatic heterocycles. The zero-order valence-electron chi connectivity index (χ0n) is 19.7. The van der Waals surface area contributed by atoms with Crippen molar-refractivity contribution in [2.24, 2.45) is 5.92 Å². The molecule has 3 heterocycles. The normalized spacial score (nSPS) is 15.5. The van der Waals surface area contributed by atoms with Crippen LogP contribution in [0.3, 0.4) is 0 Å². The quantitative estimate of drug-likeness (QED) is 0.413. The van der Waals surface area contributed by atoms with Crippen LogP contribution in [0.15, 0.2) is 85.1 Å². The molecule has 5 heteroatoms. The molecule has 174 valence electrons. The summed E-state index contributed by atoms with van der Waals surface area (Å²) in [7, 11) is 0. The van der Waals surface area contributed by atoms with Crippen molar-refractivity contribution in [3.63, 3.8) is 0 Å². The van der Waals surface area contributed by atoms with Gasteiger partial charge in [-0.1, -0.05) is 60.7 Å². The van der Waals surface area contributed by atoms with Crippen molar-refractivity contribution in [1.82, 2.24) is 14.9 Å². The number of benzene rings is 2. The maximum Gasteiger partial charge on any atom is 0.126 e. The molecule has 4 aromatic rings. The Labute approximate surface area is 201 Å². The molecule has 0 amide bonds. The van der Waals surface area contributed by atoms with Crippen molar-refractivity contribution in [2.75, 3.05) is 31.5 Å². The van der Waals surface area contributed by atoms with Crippen molar-refractivity contribution in [3.05, 3.63) is 102 Å². The number of aromatic nitrogens is 2. The number of pyridine rings is 2. The molecule has 5 rings (SSSR count). The minimum absolute atomic E-state index is 0.181. The van der Waals surface area contributed by atoms with E-state index in [0.717, 1.165) is 72.6 Å². The summed E-state index contributed by atoms with van der Waals surface area (Å²) >= 11 is 0. The average molecular weight is 453 g/mol. The summed E-state index contributed by atoms with van der Waals surface area (Å²) in [6.07, 6.45) is 3.73. The highest BCUT2D eigenvalue weighted by Crippen LogP contribution is 2.41. The van der Waals surface area contributed by atoms with E-state index in [1.54, 1.807) is 0 Å². The molecule has 0 bridgehead atoms. The van der Waals surface area contributed by atoms with Crippen molar-refractivity contribution in [3.8, 4) is 0 Å². The molecule has 1 aliphatic heterocycles. The van der Waals surface area contributed by atoms with Gasteiger partial charge in [0.1, 0.15) is 11.4 Å². The van der Waals surface area contributed by atoms with Gasteiger partial charge in [-0.05, 0) is 68.1 Å². The molecule has 0 aliphatic carbocycles. The van der Waals surface area contributed by atoms with Gasteiger partial charge in [-0.25, -0.2) is 4.98 Å². The zero-order valence-corrected chi connectivity index (χ0v) is 19.7. The molecule has 0 unspecified atom stereocenters. The second-order valence-electron chi connectivity index (χ2n) is 9.20. The van der Waals surface area contributed by atoms with Crippen LogP contribution >= 0.6 is 0 Å². The maximum absolute atomic E-state index is 12.1. The number of rotatable bonds is 7. The summed E-state index contributed by atoms with van der Waals surface area (Å²) < 4.78 is 0. The first-order valence-electron chi connectivity index (χ1n) is 12.2. The highest BCUT2D eigenvalue weighted by molar-refractivity contribution is 5.81. The van der Waals surface area contributed by atoms with E-state index in [2.05, 4.69) is 45.5 Å². The fourth-order valence-electron chi connectivity index (χ4n) is 5.23. The van der Waals surface area contributed by atoms with Crippen molar-refractivity contribution in [2.45, 2.75) is 25.4 Å². The van der Waals surface area contributed by atoms with Crippen LogP contribution in [-0.2, 0) is 5.60 Å². The second-order valence-corrected chi connectivity index (χ2v) is 9.20. The van der Waals surface area contributed by atoms with Crippen LogP contribution in [-0.4, -0.2) is 46.2 Å². The number of likely N-dealkylation sites (tertiary alicyclic amines) is 1. The van der Waals surface area contributed by atoms with E-state index in [4.69, 9.17) is 4.98 Å². The lowest BCUT2D eigenvalue weighted by Crippen LogP contribution is -2.45. The monoisotopic (exact) mass is 452 g/mol. The number of hydrogen-bond donors (Lipinski definition) is 2. The van der Waals surface area contributed by atoms with Crippen LogP contribution in [0.4, 0.5) is 5.82 Å². The minimum atomic E-state index is -0.963. The Bertz CT molecular complexity index is 1180. The van der Waals surface area contributed by atoms with Crippen molar-refractivity contribution >= 4 is 16.7 Å². The van der Waals surface area contributed by atoms with Crippen LogP contribution in [0.25, 0.3) is 10.9 Å². The molecule has 0 saturated carbocycles. The molecular weight excluding hydrogens is 420 g/mol. The standard InChI is InChI=1S/C29H32N4O/c1-22-26-12-13-28(32-27(26)14-17-30-22)31-18-21-33-19-15-25(16-20-33)29(34,23-8-4-2-5-9-23)24-10-6-3-7-11-24/h2-14,17,25,34H,15-16,18-21H2,1H3,(H,31,32). The number of anilines is 1. The Morgan fingerprint density at radius 2 is 1.56 bits per heavy atom. The zero-order chi connectivity index (χ0) is 23.4. The Balaban J connectivity index is 1.21. The Hall–Kier alpha value is -3.28. The molecule has 2 aromatic carbocycles. The van der Waals surface area contributed by atoms with Crippen molar-refractivity contribution in [1.29, 1.82) is 0 Å². The molecule has 1 saturated heterocycles. The molecule has 1 fully saturated rings. The summed E-state index contributed by atoms with van der Waals surface area (Å²) in [5.41, 5.74) is 2.97. The fourth-order valence-corrected chi connectivity index (χ4v) is 5.23. The average Bonchev–Trinajstić information content (AvgIpc) is 2.90. The highest BCUT2D eigenvalue weighted by Gasteiger charge is 2.41. The summed E-state index contributed by atoms with van der Waals surface area (Å²) in [6, 6.07) is 26.4. The van der Waals surface area contributed by atoms with Crippen LogP contribution in [0, 0.1) is 12.8 Å². The van der Waals surface area contributed by atoms with Crippen LogP contribution in [0.5, 0.6) is 0 Å². The van der Waals surface area contributed by atoms with E-state index >= 15 is 0 Å². The van der Waals surface area contributed by atoms with Crippen LogP contribution < -0.4 is 5.32 Å².